The Morgan fingerprint density at radius 1 is 1.16 bits per heavy atom. The maximum Gasteiger partial charge on any atom is 0.573 e. The van der Waals surface area contributed by atoms with Gasteiger partial charge in [-0.05, 0) is 73.7 Å². The summed E-state index contributed by atoms with van der Waals surface area (Å²) in [7, 11) is -3.84. The largest absolute Gasteiger partial charge is 0.573 e. The lowest BCUT2D eigenvalue weighted by Crippen LogP contribution is -2.50. The van der Waals surface area contributed by atoms with E-state index in [1.165, 1.54) is 22.5 Å². The molecule has 202 valence electrons. The second-order valence-electron chi connectivity index (χ2n) is 9.16. The highest BCUT2D eigenvalue weighted by Crippen LogP contribution is 2.33. The number of hydrogen-bond acceptors (Lipinski definition) is 6. The van der Waals surface area contributed by atoms with E-state index in [1.807, 2.05) is 0 Å². The van der Waals surface area contributed by atoms with Gasteiger partial charge in [0.2, 0.25) is 15.9 Å². The average Bonchev–Trinajstić information content (AvgIpc) is 3.13. The molecule has 2 amide bonds. The first-order valence-corrected chi connectivity index (χ1v) is 13.1. The molecule has 1 spiro atoms. The number of benzene rings is 2. The van der Waals surface area contributed by atoms with Gasteiger partial charge in [0.15, 0.2) is 0 Å². The van der Waals surface area contributed by atoms with Gasteiger partial charge in [0.1, 0.15) is 17.1 Å². The molecule has 0 aliphatic carbocycles. The summed E-state index contributed by atoms with van der Waals surface area (Å²) in [5, 5.41) is 3.69. The van der Waals surface area contributed by atoms with Crippen molar-refractivity contribution in [1.82, 2.24) is 9.62 Å². The number of carbonyl (C=O) groups is 2. The number of amides is 2. The third-order valence-corrected chi connectivity index (χ3v) is 8.08. The molecule has 1 fully saturated rings. The topological polar surface area (TPSA) is 131 Å². The van der Waals surface area contributed by atoms with E-state index in [-0.39, 0.29) is 37.3 Å². The zero-order chi connectivity index (χ0) is 27.9. The van der Waals surface area contributed by atoms with Crippen molar-refractivity contribution in [3.63, 3.8) is 0 Å². The van der Waals surface area contributed by atoms with E-state index in [2.05, 4.69) is 15.0 Å². The van der Waals surface area contributed by atoms with E-state index in [1.54, 1.807) is 26.0 Å². The van der Waals surface area contributed by atoms with Gasteiger partial charge in [-0.15, -0.1) is 13.2 Å². The van der Waals surface area contributed by atoms with Gasteiger partial charge in [0, 0.05) is 29.6 Å². The SMILES string of the molecule is Cc1cc(C(N)=O)cc(C)c1C=CS(=O)(=O)N1CCC2(CC1)N=C(c1cccc(OC(F)(F)F)c1)NC2=O. The second kappa shape index (κ2) is 9.87. The summed E-state index contributed by atoms with van der Waals surface area (Å²) in [6.07, 6.45) is -3.21. The van der Waals surface area contributed by atoms with Crippen LogP contribution in [0, 0.1) is 13.8 Å². The molecule has 0 atom stereocenters. The van der Waals surface area contributed by atoms with Gasteiger partial charge >= 0.3 is 6.36 Å². The van der Waals surface area contributed by atoms with Crippen molar-refractivity contribution in [3.05, 3.63) is 69.6 Å². The minimum Gasteiger partial charge on any atom is -0.406 e. The molecule has 0 unspecified atom stereocenters. The molecule has 9 nitrogen and oxygen atoms in total. The number of carbonyl (C=O) groups excluding carboxylic acids is 2. The van der Waals surface area contributed by atoms with Crippen molar-refractivity contribution in [2.75, 3.05) is 13.1 Å². The van der Waals surface area contributed by atoms with Crippen molar-refractivity contribution in [2.45, 2.75) is 38.6 Å². The van der Waals surface area contributed by atoms with Crippen LogP contribution in [-0.2, 0) is 14.8 Å². The quantitative estimate of drug-likeness (QED) is 0.571. The number of aryl methyl sites for hydroxylation is 2. The van der Waals surface area contributed by atoms with Crippen molar-refractivity contribution in [1.29, 1.82) is 0 Å². The van der Waals surface area contributed by atoms with Crippen molar-refractivity contribution in [2.24, 2.45) is 10.7 Å². The third-order valence-electron chi connectivity index (χ3n) is 6.52. The van der Waals surface area contributed by atoms with Crippen LogP contribution in [0.2, 0.25) is 0 Å². The number of sulfonamides is 1. The Kier molecular flexibility index (Phi) is 7.10. The van der Waals surface area contributed by atoms with Gasteiger partial charge in [-0.25, -0.2) is 8.42 Å². The van der Waals surface area contributed by atoms with E-state index in [0.717, 1.165) is 17.5 Å². The van der Waals surface area contributed by atoms with Crippen LogP contribution >= 0.6 is 0 Å². The molecule has 2 aliphatic heterocycles. The number of nitrogens with two attached hydrogens (primary N) is 1. The Labute approximate surface area is 217 Å². The summed E-state index contributed by atoms with van der Waals surface area (Å²) >= 11 is 0. The fourth-order valence-corrected chi connectivity index (χ4v) is 5.73. The van der Waals surface area contributed by atoms with Crippen molar-refractivity contribution in [3.8, 4) is 5.75 Å². The number of nitrogens with one attached hydrogen (secondary N) is 1. The molecule has 0 saturated carbocycles. The number of amidine groups is 1. The fraction of sp³-hybridized carbons (Fsp3) is 0.320. The summed E-state index contributed by atoms with van der Waals surface area (Å²) in [4.78, 5) is 28.7. The number of alkyl halides is 3. The number of piperidine rings is 1. The predicted molar refractivity (Wildman–Crippen MR) is 134 cm³/mol. The molecular weight excluding hydrogens is 525 g/mol. The van der Waals surface area contributed by atoms with E-state index >= 15 is 0 Å². The Hall–Kier alpha value is -3.71. The van der Waals surface area contributed by atoms with E-state index in [0.29, 0.717) is 22.3 Å². The average molecular weight is 551 g/mol. The molecular formula is C25H25F3N4O5S. The molecule has 2 aliphatic rings. The fourth-order valence-electron chi connectivity index (χ4n) is 4.56. The van der Waals surface area contributed by atoms with Gasteiger partial charge in [-0.3, -0.25) is 14.6 Å². The lowest BCUT2D eigenvalue weighted by Gasteiger charge is -2.34. The summed E-state index contributed by atoms with van der Waals surface area (Å²) < 4.78 is 68.9. The second-order valence-corrected chi connectivity index (χ2v) is 11.0. The standard InChI is InChI=1S/C25H25F3N4O5S/c1-15-12-18(21(29)33)13-16(2)20(15)6-11-38(35,36)32-9-7-24(8-10-32)23(34)30-22(31-24)17-4-3-5-19(14-17)37-25(26,27)28/h3-6,11-14H,7-10H2,1-2H3,(H2,29,33)(H,30,31,34). The first-order chi connectivity index (χ1) is 17.7. The summed E-state index contributed by atoms with van der Waals surface area (Å²) in [6.45, 7) is 3.53. The third kappa shape index (κ3) is 5.73. The molecule has 13 heteroatoms. The van der Waals surface area contributed by atoms with Crippen LogP contribution in [0.1, 0.15) is 45.5 Å². The van der Waals surface area contributed by atoms with Gasteiger partial charge in [0.05, 0.1) is 0 Å². The van der Waals surface area contributed by atoms with Crippen LogP contribution in [0.3, 0.4) is 0 Å². The zero-order valence-corrected chi connectivity index (χ0v) is 21.3. The number of rotatable bonds is 6. The van der Waals surface area contributed by atoms with Crippen LogP contribution in [0.4, 0.5) is 13.2 Å². The smallest absolute Gasteiger partial charge is 0.406 e. The highest BCUT2D eigenvalue weighted by atomic mass is 32.2. The van der Waals surface area contributed by atoms with Gasteiger partial charge in [-0.2, -0.15) is 4.31 Å². The minimum atomic E-state index is -4.86. The summed E-state index contributed by atoms with van der Waals surface area (Å²) in [5.41, 5.74) is 6.71. The van der Waals surface area contributed by atoms with Crippen LogP contribution in [-0.4, -0.2) is 55.4 Å². The van der Waals surface area contributed by atoms with E-state index in [4.69, 9.17) is 5.73 Å². The molecule has 0 aromatic heterocycles. The molecule has 2 aromatic carbocycles. The normalized spacial score (nSPS) is 18.0. The molecule has 2 heterocycles. The molecule has 0 bridgehead atoms. The highest BCUT2D eigenvalue weighted by Gasteiger charge is 2.47. The number of nitrogens with zero attached hydrogens (tertiary/aromatic N) is 2. The van der Waals surface area contributed by atoms with Crippen LogP contribution in [0.15, 0.2) is 46.8 Å². The van der Waals surface area contributed by atoms with Gasteiger partial charge in [-0.1, -0.05) is 12.1 Å². The monoisotopic (exact) mass is 550 g/mol. The van der Waals surface area contributed by atoms with Gasteiger partial charge < -0.3 is 15.8 Å². The number of halogens is 3. The summed E-state index contributed by atoms with van der Waals surface area (Å²) in [6, 6.07) is 8.27. The number of primary amides is 1. The minimum absolute atomic E-state index is 0.0205. The molecule has 4 rings (SSSR count). The maximum absolute atomic E-state index is 13.0. The lowest BCUT2D eigenvalue weighted by molar-refractivity contribution is -0.274. The Morgan fingerprint density at radius 3 is 2.37 bits per heavy atom. The van der Waals surface area contributed by atoms with Gasteiger partial charge in [0.25, 0.3) is 5.91 Å². The molecule has 38 heavy (non-hydrogen) atoms. The lowest BCUT2D eigenvalue weighted by atomic mass is 9.89. The Balaban J connectivity index is 1.48. The maximum atomic E-state index is 13.0. The van der Waals surface area contributed by atoms with E-state index < -0.39 is 39.5 Å². The summed E-state index contributed by atoms with van der Waals surface area (Å²) in [5.74, 6) is -1.37. The van der Waals surface area contributed by atoms with Crippen LogP contribution in [0.25, 0.3) is 6.08 Å². The first-order valence-electron chi connectivity index (χ1n) is 11.6. The molecule has 2 aromatic rings. The number of aliphatic imine (C=N–C) groups is 1. The molecule has 0 radical (unpaired) electrons. The number of hydrogen-bond donors (Lipinski definition) is 2. The van der Waals surface area contributed by atoms with Crippen LogP contribution < -0.4 is 15.8 Å². The zero-order valence-electron chi connectivity index (χ0n) is 20.5. The number of ether oxygens (including phenoxy) is 1. The molecule has 3 N–H and O–H groups in total. The van der Waals surface area contributed by atoms with Crippen molar-refractivity contribution < 1.29 is 35.9 Å². The Morgan fingerprint density at radius 2 is 1.79 bits per heavy atom. The van der Waals surface area contributed by atoms with Crippen molar-refractivity contribution >= 4 is 33.7 Å². The Bertz CT molecular complexity index is 1440. The van der Waals surface area contributed by atoms with Crippen LogP contribution in [0.5, 0.6) is 5.75 Å². The first kappa shape index (κ1) is 27.3. The highest BCUT2D eigenvalue weighted by molar-refractivity contribution is 7.92. The van der Waals surface area contributed by atoms with E-state index in [9.17, 15) is 31.2 Å². The molecule has 1 saturated heterocycles. The predicted octanol–water partition coefficient (Wildman–Crippen LogP) is 3.01.